The van der Waals surface area contributed by atoms with E-state index < -0.39 is 0 Å². The zero-order chi connectivity index (χ0) is 18.9. The number of nitrogens with one attached hydrogen (secondary N) is 2. The molecule has 7 nitrogen and oxygen atoms in total. The van der Waals surface area contributed by atoms with Gasteiger partial charge in [0.15, 0.2) is 0 Å². The van der Waals surface area contributed by atoms with Crippen molar-refractivity contribution < 1.29 is 14.3 Å². The highest BCUT2D eigenvalue weighted by molar-refractivity contribution is 5.90. The maximum Gasteiger partial charge on any atom is 0.319 e. The number of hydrogen-bond acceptors (Lipinski definition) is 4. The molecule has 0 atom stereocenters. The van der Waals surface area contributed by atoms with Crippen molar-refractivity contribution in [2.24, 2.45) is 0 Å². The Morgan fingerprint density at radius 3 is 2.67 bits per heavy atom. The molecule has 0 fully saturated rings. The van der Waals surface area contributed by atoms with E-state index in [1.165, 1.54) is 0 Å². The third kappa shape index (κ3) is 5.32. The van der Waals surface area contributed by atoms with Crippen LogP contribution in [0, 0.1) is 0 Å². The zero-order valence-electron chi connectivity index (χ0n) is 15.1. The van der Waals surface area contributed by atoms with Crippen LogP contribution in [0.2, 0.25) is 0 Å². The van der Waals surface area contributed by atoms with Crippen LogP contribution in [0.4, 0.5) is 10.5 Å². The number of para-hydroxylation sites is 3. The van der Waals surface area contributed by atoms with Crippen molar-refractivity contribution in [1.82, 2.24) is 15.1 Å². The highest BCUT2D eigenvalue weighted by Crippen LogP contribution is 2.23. The summed E-state index contributed by atoms with van der Waals surface area (Å²) in [6.45, 7) is 1.26. The molecule has 0 radical (unpaired) electrons. The number of urea groups is 1. The summed E-state index contributed by atoms with van der Waals surface area (Å²) in [7, 11) is 1.61. The van der Waals surface area contributed by atoms with E-state index in [1.807, 2.05) is 48.7 Å². The van der Waals surface area contributed by atoms with Gasteiger partial charge in [-0.15, -0.1) is 0 Å². The first-order valence-electron chi connectivity index (χ1n) is 8.61. The van der Waals surface area contributed by atoms with E-state index in [2.05, 4.69) is 15.7 Å². The first-order chi connectivity index (χ1) is 13.3. The topological polar surface area (TPSA) is 77.4 Å². The number of carbonyl (C=O) groups excluding carboxylic acids is 1. The Hall–Kier alpha value is -3.32. The quantitative estimate of drug-likeness (QED) is 0.600. The van der Waals surface area contributed by atoms with Gasteiger partial charge in [0, 0.05) is 25.4 Å². The number of hydrogen-bond donors (Lipinski definition) is 2. The lowest BCUT2D eigenvalue weighted by Gasteiger charge is -2.12. The fourth-order valence-electron chi connectivity index (χ4n) is 2.45. The van der Waals surface area contributed by atoms with E-state index in [1.54, 1.807) is 30.1 Å². The van der Waals surface area contributed by atoms with Gasteiger partial charge in [0.25, 0.3) is 0 Å². The number of benzene rings is 2. The molecule has 7 heteroatoms. The lowest BCUT2D eigenvalue weighted by molar-refractivity contribution is 0.146. The first-order valence-corrected chi connectivity index (χ1v) is 8.61. The Morgan fingerprint density at radius 2 is 1.85 bits per heavy atom. The van der Waals surface area contributed by atoms with Crippen molar-refractivity contribution in [2.75, 3.05) is 25.6 Å². The van der Waals surface area contributed by atoms with Crippen LogP contribution in [0.3, 0.4) is 0 Å². The molecule has 140 valence electrons. The van der Waals surface area contributed by atoms with Crippen LogP contribution >= 0.6 is 0 Å². The molecule has 0 spiro atoms. The fraction of sp³-hybridized carbons (Fsp3) is 0.200. The molecule has 2 N–H and O–H groups in total. The summed E-state index contributed by atoms with van der Waals surface area (Å²) in [5, 5.41) is 9.94. The third-order valence-corrected chi connectivity index (χ3v) is 3.79. The molecule has 0 unspecified atom stereocenters. The number of anilines is 1. The van der Waals surface area contributed by atoms with Gasteiger partial charge in [-0.1, -0.05) is 30.3 Å². The van der Waals surface area contributed by atoms with Crippen LogP contribution in [-0.4, -0.2) is 36.1 Å². The molecule has 0 bridgehead atoms. The number of ether oxygens (including phenoxy) is 2. The van der Waals surface area contributed by atoms with Gasteiger partial charge in [0.1, 0.15) is 12.4 Å². The number of methoxy groups -OCH3 is 1. The van der Waals surface area contributed by atoms with Crippen LogP contribution in [0.5, 0.6) is 5.75 Å². The van der Waals surface area contributed by atoms with Crippen molar-refractivity contribution in [2.45, 2.75) is 6.54 Å². The van der Waals surface area contributed by atoms with Crippen molar-refractivity contribution in [1.29, 1.82) is 0 Å². The number of aromatic nitrogens is 2. The molecule has 27 heavy (non-hydrogen) atoms. The molecule has 3 rings (SSSR count). The molecule has 1 aromatic heterocycles. The molecular formula is C20H22N4O3. The van der Waals surface area contributed by atoms with Gasteiger partial charge in [-0.3, -0.25) is 0 Å². The largest absolute Gasteiger partial charge is 0.489 e. The summed E-state index contributed by atoms with van der Waals surface area (Å²) in [6.07, 6.45) is 3.62. The maximum atomic E-state index is 12.2. The number of carbonyl (C=O) groups is 1. The summed E-state index contributed by atoms with van der Waals surface area (Å²) < 4.78 is 12.4. The minimum atomic E-state index is -0.315. The average Bonchev–Trinajstić information content (AvgIpc) is 3.18. The van der Waals surface area contributed by atoms with Gasteiger partial charge < -0.3 is 20.1 Å². The van der Waals surface area contributed by atoms with Crippen LogP contribution in [-0.2, 0) is 11.3 Å². The molecule has 0 aliphatic carbocycles. The van der Waals surface area contributed by atoms with Gasteiger partial charge in [-0.25, -0.2) is 9.48 Å². The van der Waals surface area contributed by atoms with Gasteiger partial charge >= 0.3 is 6.03 Å². The second-order valence-electron chi connectivity index (χ2n) is 5.77. The average molecular weight is 366 g/mol. The Labute approximate surface area is 157 Å². The number of rotatable bonds is 8. The smallest absolute Gasteiger partial charge is 0.319 e. The molecule has 0 saturated heterocycles. The van der Waals surface area contributed by atoms with Gasteiger partial charge in [-0.05, 0) is 24.3 Å². The Morgan fingerprint density at radius 1 is 1.07 bits per heavy atom. The first kappa shape index (κ1) is 18.5. The molecule has 0 aliphatic heterocycles. The number of amides is 2. The zero-order valence-corrected chi connectivity index (χ0v) is 15.1. The molecular weight excluding hydrogens is 344 g/mol. The summed E-state index contributed by atoms with van der Waals surface area (Å²) in [5.41, 5.74) is 2.47. The summed E-state index contributed by atoms with van der Waals surface area (Å²) in [6, 6.07) is 16.8. The van der Waals surface area contributed by atoms with E-state index >= 15 is 0 Å². The predicted octanol–water partition coefficient (Wildman–Crippen LogP) is 3.22. The van der Waals surface area contributed by atoms with Crippen molar-refractivity contribution in [3.63, 3.8) is 0 Å². The molecule has 0 saturated carbocycles. The minimum Gasteiger partial charge on any atom is -0.489 e. The third-order valence-electron chi connectivity index (χ3n) is 3.79. The highest BCUT2D eigenvalue weighted by atomic mass is 16.5. The monoisotopic (exact) mass is 366 g/mol. The molecule has 2 aromatic carbocycles. The van der Waals surface area contributed by atoms with Crippen molar-refractivity contribution >= 4 is 11.7 Å². The standard InChI is InChI=1S/C20H22N4O3/c1-26-11-12-27-19-10-6-5-9-18(19)23-20(25)21-13-16-14-22-24(15-16)17-7-3-2-4-8-17/h2-10,14-15H,11-13H2,1H3,(H2,21,23,25). The van der Waals surface area contributed by atoms with Crippen LogP contribution in [0.15, 0.2) is 67.0 Å². The van der Waals surface area contributed by atoms with E-state index in [-0.39, 0.29) is 6.03 Å². The van der Waals surface area contributed by atoms with E-state index in [0.717, 1.165) is 11.3 Å². The second kappa shape index (κ2) is 9.40. The molecule has 3 aromatic rings. The van der Waals surface area contributed by atoms with Gasteiger partial charge in [-0.2, -0.15) is 5.10 Å². The summed E-state index contributed by atoms with van der Waals surface area (Å²) in [4.78, 5) is 12.2. The van der Waals surface area contributed by atoms with E-state index in [4.69, 9.17) is 9.47 Å². The number of nitrogens with zero attached hydrogens (tertiary/aromatic N) is 2. The fourth-order valence-corrected chi connectivity index (χ4v) is 2.45. The molecule has 1 heterocycles. The predicted molar refractivity (Wildman–Crippen MR) is 103 cm³/mol. The Bertz CT molecular complexity index is 864. The lowest BCUT2D eigenvalue weighted by Crippen LogP contribution is -2.28. The SMILES string of the molecule is COCCOc1ccccc1NC(=O)NCc1cnn(-c2ccccc2)c1. The summed E-state index contributed by atoms with van der Waals surface area (Å²) >= 11 is 0. The maximum absolute atomic E-state index is 12.2. The van der Waals surface area contributed by atoms with Gasteiger partial charge in [0.05, 0.1) is 24.2 Å². The van der Waals surface area contributed by atoms with Crippen LogP contribution in [0.1, 0.15) is 5.56 Å². The van der Waals surface area contributed by atoms with E-state index in [0.29, 0.717) is 31.2 Å². The Kier molecular flexibility index (Phi) is 6.43. The second-order valence-corrected chi connectivity index (χ2v) is 5.77. The molecule has 2 amide bonds. The molecule has 0 aliphatic rings. The minimum absolute atomic E-state index is 0.315. The van der Waals surface area contributed by atoms with Crippen molar-refractivity contribution in [3.8, 4) is 11.4 Å². The highest BCUT2D eigenvalue weighted by Gasteiger charge is 2.08. The van der Waals surface area contributed by atoms with E-state index in [9.17, 15) is 4.79 Å². The normalized spacial score (nSPS) is 10.4. The Balaban J connectivity index is 1.54. The van der Waals surface area contributed by atoms with Gasteiger partial charge in [0.2, 0.25) is 0 Å². The van der Waals surface area contributed by atoms with Crippen LogP contribution in [0.25, 0.3) is 5.69 Å². The summed E-state index contributed by atoms with van der Waals surface area (Å²) in [5.74, 6) is 0.599. The van der Waals surface area contributed by atoms with Crippen LogP contribution < -0.4 is 15.4 Å². The van der Waals surface area contributed by atoms with Crippen molar-refractivity contribution in [3.05, 3.63) is 72.6 Å². The lowest BCUT2D eigenvalue weighted by atomic mass is 10.3.